The lowest BCUT2D eigenvalue weighted by Gasteiger charge is -2.14. The highest BCUT2D eigenvalue weighted by Gasteiger charge is 2.18. The minimum Gasteiger partial charge on any atom is -0.467 e. The summed E-state index contributed by atoms with van der Waals surface area (Å²) in [4.78, 5) is 11.4. The van der Waals surface area contributed by atoms with Gasteiger partial charge in [0.2, 0.25) is 0 Å². The van der Waals surface area contributed by atoms with Crippen LogP contribution in [0.25, 0.3) is 0 Å². The van der Waals surface area contributed by atoms with E-state index in [-0.39, 0.29) is 17.3 Å². The van der Waals surface area contributed by atoms with Gasteiger partial charge in [-0.15, -0.1) is 0 Å². The number of benzene rings is 1. The van der Waals surface area contributed by atoms with Crippen molar-refractivity contribution in [3.8, 4) is 0 Å². The first-order chi connectivity index (χ1) is 9.52. The van der Waals surface area contributed by atoms with Crippen LogP contribution in [0.3, 0.4) is 0 Å². The van der Waals surface area contributed by atoms with Crippen LogP contribution in [0.2, 0.25) is 0 Å². The monoisotopic (exact) mass is 281 g/mol. The zero-order valence-electron chi connectivity index (χ0n) is 10.9. The molecule has 1 atom stereocenters. The van der Waals surface area contributed by atoms with E-state index in [1.807, 2.05) is 0 Å². The molecule has 0 aliphatic rings. The number of ether oxygens (including phenoxy) is 1. The summed E-state index contributed by atoms with van der Waals surface area (Å²) in [5, 5.41) is 2.82. The van der Waals surface area contributed by atoms with Gasteiger partial charge in [0.15, 0.2) is 0 Å². The van der Waals surface area contributed by atoms with Gasteiger partial charge in [-0.3, -0.25) is 0 Å². The number of methoxy groups -OCH3 is 1. The Morgan fingerprint density at radius 1 is 1.35 bits per heavy atom. The summed E-state index contributed by atoms with van der Waals surface area (Å²) in [6, 6.07) is 4.81. The second kappa shape index (κ2) is 5.73. The third kappa shape index (κ3) is 2.79. The molecule has 1 aromatic heterocycles. The lowest BCUT2D eigenvalue weighted by Crippen LogP contribution is -2.11. The summed E-state index contributed by atoms with van der Waals surface area (Å²) in [7, 11) is 1.13. The molecule has 0 bridgehead atoms. The van der Waals surface area contributed by atoms with Crippen LogP contribution in [-0.4, -0.2) is 13.1 Å². The van der Waals surface area contributed by atoms with Crippen molar-refractivity contribution in [2.24, 2.45) is 0 Å². The molecule has 1 N–H and O–H groups in total. The van der Waals surface area contributed by atoms with Gasteiger partial charge >= 0.3 is 5.97 Å². The third-order valence-corrected chi connectivity index (χ3v) is 2.80. The van der Waals surface area contributed by atoms with E-state index >= 15 is 0 Å². The molecule has 106 valence electrons. The molecular formula is C14H13F2NO3. The van der Waals surface area contributed by atoms with Gasteiger partial charge in [-0.25, -0.2) is 13.6 Å². The number of hydrogen-bond acceptors (Lipinski definition) is 4. The van der Waals surface area contributed by atoms with Crippen molar-refractivity contribution >= 4 is 11.7 Å². The fraction of sp³-hybridized carbons (Fsp3) is 0.214. The Kier molecular flexibility index (Phi) is 4.02. The average Bonchev–Trinajstić information content (AvgIpc) is 2.95. The molecule has 1 heterocycles. The molecule has 0 aliphatic carbocycles. The molecule has 0 amide bonds. The molecular weight excluding hydrogens is 268 g/mol. The lowest BCUT2D eigenvalue weighted by atomic mass is 10.1. The number of rotatable bonds is 4. The van der Waals surface area contributed by atoms with Gasteiger partial charge in [-0.2, -0.15) is 0 Å². The van der Waals surface area contributed by atoms with Crippen molar-refractivity contribution in [2.45, 2.75) is 13.0 Å². The van der Waals surface area contributed by atoms with Gasteiger partial charge in [0, 0.05) is 6.07 Å². The lowest BCUT2D eigenvalue weighted by molar-refractivity contribution is 0.0595. The number of halogens is 2. The highest BCUT2D eigenvalue weighted by molar-refractivity contribution is 5.90. The minimum atomic E-state index is -0.967. The maximum atomic E-state index is 13.7. The molecule has 2 rings (SSSR count). The summed E-state index contributed by atoms with van der Waals surface area (Å²) in [5.74, 6) is -2.04. The minimum absolute atomic E-state index is 0.00398. The summed E-state index contributed by atoms with van der Waals surface area (Å²) in [5.41, 5.74) is -0.334. The standard InChI is InChI=1S/C14H13F2NO3/c1-8(13-4-3-5-20-13)17-12-6-9(14(18)19-2)10(15)7-11(12)16/h3-8,17H,1-2H3. The Labute approximate surface area is 114 Å². The van der Waals surface area contributed by atoms with E-state index in [0.29, 0.717) is 11.8 Å². The van der Waals surface area contributed by atoms with Gasteiger partial charge in [-0.05, 0) is 25.1 Å². The van der Waals surface area contributed by atoms with Crippen molar-refractivity contribution in [1.29, 1.82) is 0 Å². The predicted molar refractivity (Wildman–Crippen MR) is 68.4 cm³/mol. The Hall–Kier alpha value is -2.37. The van der Waals surface area contributed by atoms with Crippen molar-refractivity contribution in [3.63, 3.8) is 0 Å². The zero-order chi connectivity index (χ0) is 14.7. The van der Waals surface area contributed by atoms with E-state index in [4.69, 9.17) is 4.42 Å². The van der Waals surface area contributed by atoms with Crippen LogP contribution < -0.4 is 5.32 Å². The number of anilines is 1. The average molecular weight is 281 g/mol. The summed E-state index contributed by atoms with van der Waals surface area (Å²) >= 11 is 0. The number of nitrogens with one attached hydrogen (secondary N) is 1. The highest BCUT2D eigenvalue weighted by Crippen LogP contribution is 2.25. The van der Waals surface area contributed by atoms with Crippen LogP contribution in [0, 0.1) is 11.6 Å². The van der Waals surface area contributed by atoms with Crippen LogP contribution >= 0.6 is 0 Å². The Morgan fingerprint density at radius 2 is 2.10 bits per heavy atom. The number of hydrogen-bond donors (Lipinski definition) is 1. The highest BCUT2D eigenvalue weighted by atomic mass is 19.1. The number of carbonyl (C=O) groups excluding carboxylic acids is 1. The molecule has 0 fully saturated rings. The van der Waals surface area contributed by atoms with Crippen molar-refractivity contribution in [2.75, 3.05) is 12.4 Å². The maximum absolute atomic E-state index is 13.7. The first-order valence-corrected chi connectivity index (χ1v) is 5.90. The fourth-order valence-electron chi connectivity index (χ4n) is 1.77. The maximum Gasteiger partial charge on any atom is 0.340 e. The van der Waals surface area contributed by atoms with Gasteiger partial charge in [0.1, 0.15) is 17.4 Å². The van der Waals surface area contributed by atoms with Gasteiger partial charge in [-0.1, -0.05) is 0 Å². The van der Waals surface area contributed by atoms with E-state index < -0.39 is 17.6 Å². The first kappa shape index (κ1) is 14.0. The molecule has 0 saturated carbocycles. The molecule has 0 saturated heterocycles. The Morgan fingerprint density at radius 3 is 2.70 bits per heavy atom. The molecule has 0 radical (unpaired) electrons. The van der Waals surface area contributed by atoms with Crippen LogP contribution in [0.15, 0.2) is 34.9 Å². The summed E-state index contributed by atoms with van der Waals surface area (Å²) < 4.78 is 36.8. The molecule has 6 heteroatoms. The SMILES string of the molecule is COC(=O)c1cc(NC(C)c2ccco2)c(F)cc1F. The third-order valence-electron chi connectivity index (χ3n) is 2.80. The summed E-state index contributed by atoms with van der Waals surface area (Å²) in [6.07, 6.45) is 1.49. The second-order valence-electron chi connectivity index (χ2n) is 4.18. The van der Waals surface area contributed by atoms with Gasteiger partial charge in [0.05, 0.1) is 30.7 Å². The predicted octanol–water partition coefficient (Wildman–Crippen LogP) is 3.52. The van der Waals surface area contributed by atoms with E-state index in [9.17, 15) is 13.6 Å². The van der Waals surface area contributed by atoms with Crippen molar-refractivity contribution in [3.05, 3.63) is 53.5 Å². The molecule has 4 nitrogen and oxygen atoms in total. The van der Waals surface area contributed by atoms with Gasteiger partial charge < -0.3 is 14.5 Å². The van der Waals surface area contributed by atoms with Crippen molar-refractivity contribution in [1.82, 2.24) is 0 Å². The number of furan rings is 1. The molecule has 0 spiro atoms. The number of carbonyl (C=O) groups is 1. The van der Waals surface area contributed by atoms with E-state index in [0.717, 1.165) is 13.2 Å². The van der Waals surface area contributed by atoms with E-state index in [1.54, 1.807) is 19.1 Å². The second-order valence-corrected chi connectivity index (χ2v) is 4.18. The van der Waals surface area contributed by atoms with Crippen LogP contribution in [0.1, 0.15) is 29.1 Å². The van der Waals surface area contributed by atoms with E-state index in [2.05, 4.69) is 10.1 Å². The molecule has 2 aromatic rings. The molecule has 0 aliphatic heterocycles. The Bertz CT molecular complexity index is 611. The van der Waals surface area contributed by atoms with Gasteiger partial charge in [0.25, 0.3) is 0 Å². The topological polar surface area (TPSA) is 51.5 Å². The van der Waals surface area contributed by atoms with Crippen LogP contribution in [-0.2, 0) is 4.74 Å². The Balaban J connectivity index is 2.29. The van der Waals surface area contributed by atoms with Crippen LogP contribution in [0.4, 0.5) is 14.5 Å². The first-order valence-electron chi connectivity index (χ1n) is 5.90. The largest absolute Gasteiger partial charge is 0.467 e. The normalized spacial score (nSPS) is 12.0. The molecule has 1 unspecified atom stereocenters. The quantitative estimate of drug-likeness (QED) is 0.871. The number of esters is 1. The van der Waals surface area contributed by atoms with Crippen molar-refractivity contribution < 1.29 is 22.7 Å². The zero-order valence-corrected chi connectivity index (χ0v) is 10.9. The fourth-order valence-corrected chi connectivity index (χ4v) is 1.77. The summed E-state index contributed by atoms with van der Waals surface area (Å²) in [6.45, 7) is 1.75. The van der Waals surface area contributed by atoms with Crippen LogP contribution in [0.5, 0.6) is 0 Å². The van der Waals surface area contributed by atoms with E-state index in [1.165, 1.54) is 6.26 Å². The smallest absolute Gasteiger partial charge is 0.340 e. The molecule has 20 heavy (non-hydrogen) atoms. The molecule has 1 aromatic carbocycles.